The van der Waals surface area contributed by atoms with Crippen LogP contribution in [0.3, 0.4) is 0 Å². The number of imide groups is 1. The number of rotatable bonds is 9. The van der Waals surface area contributed by atoms with Gasteiger partial charge in [0, 0.05) is 32.6 Å². The molecule has 2 heterocycles. The summed E-state index contributed by atoms with van der Waals surface area (Å²) in [6, 6.07) is 0. The number of hydrogen-bond acceptors (Lipinski definition) is 4. The molecule has 3 fully saturated rings. The summed E-state index contributed by atoms with van der Waals surface area (Å²) in [7, 11) is 0. The molecule has 0 unspecified atom stereocenters. The second-order valence-electron chi connectivity index (χ2n) is 9.98. The summed E-state index contributed by atoms with van der Waals surface area (Å²) in [6.07, 6.45) is 7.36. The van der Waals surface area contributed by atoms with Crippen LogP contribution in [0.1, 0.15) is 72.1 Å². The van der Waals surface area contributed by atoms with Gasteiger partial charge in [-0.05, 0) is 57.0 Å². The van der Waals surface area contributed by atoms with Crippen LogP contribution in [0.4, 0.5) is 0 Å². The molecule has 2 saturated heterocycles. The lowest BCUT2D eigenvalue weighted by Gasteiger charge is -2.33. The van der Waals surface area contributed by atoms with Crippen molar-refractivity contribution in [1.82, 2.24) is 14.7 Å². The number of piperidine rings is 1. The third kappa shape index (κ3) is 5.63. The van der Waals surface area contributed by atoms with Gasteiger partial charge in [0.1, 0.15) is 0 Å². The minimum absolute atomic E-state index is 0.0296. The molecule has 0 aromatic carbocycles. The molecule has 170 valence electrons. The van der Waals surface area contributed by atoms with E-state index in [9.17, 15) is 14.4 Å². The van der Waals surface area contributed by atoms with E-state index in [0.29, 0.717) is 11.8 Å². The fourth-order valence-corrected chi connectivity index (χ4v) is 5.55. The molecule has 2 atom stereocenters. The zero-order valence-electron chi connectivity index (χ0n) is 19.3. The molecule has 0 bridgehead atoms. The lowest BCUT2D eigenvalue weighted by molar-refractivity contribution is -0.141. The van der Waals surface area contributed by atoms with E-state index in [2.05, 4.69) is 25.7 Å². The van der Waals surface area contributed by atoms with Gasteiger partial charge in [-0.3, -0.25) is 19.3 Å². The van der Waals surface area contributed by atoms with Crippen LogP contribution < -0.4 is 0 Å². The Morgan fingerprint density at radius 2 is 1.63 bits per heavy atom. The van der Waals surface area contributed by atoms with E-state index in [0.717, 1.165) is 71.2 Å². The molecule has 3 rings (SSSR count). The van der Waals surface area contributed by atoms with Crippen molar-refractivity contribution in [2.75, 3.05) is 39.3 Å². The van der Waals surface area contributed by atoms with Crippen molar-refractivity contribution < 1.29 is 14.4 Å². The van der Waals surface area contributed by atoms with Crippen molar-refractivity contribution in [2.24, 2.45) is 23.7 Å². The molecule has 0 spiro atoms. The summed E-state index contributed by atoms with van der Waals surface area (Å²) in [5.41, 5.74) is 0. The first kappa shape index (κ1) is 23.2. The summed E-state index contributed by atoms with van der Waals surface area (Å²) in [4.78, 5) is 43.7. The average molecular weight is 420 g/mol. The van der Waals surface area contributed by atoms with Crippen molar-refractivity contribution >= 4 is 17.7 Å². The highest BCUT2D eigenvalue weighted by atomic mass is 16.2. The Labute approximate surface area is 182 Å². The Balaban J connectivity index is 1.38. The lowest BCUT2D eigenvalue weighted by atomic mass is 9.81. The summed E-state index contributed by atoms with van der Waals surface area (Å²) in [6.45, 7) is 12.1. The number of fused-ring (bicyclic) bond motifs is 1. The first-order chi connectivity index (χ1) is 14.4. The first-order valence-corrected chi connectivity index (χ1v) is 12.3. The number of hydrogen-bond donors (Lipinski definition) is 0. The second kappa shape index (κ2) is 10.7. The molecule has 6 heteroatoms. The molecular formula is C24H41N3O3. The zero-order valence-corrected chi connectivity index (χ0v) is 19.3. The van der Waals surface area contributed by atoms with Gasteiger partial charge < -0.3 is 9.80 Å². The van der Waals surface area contributed by atoms with E-state index in [-0.39, 0.29) is 42.5 Å². The van der Waals surface area contributed by atoms with Gasteiger partial charge in [-0.15, -0.1) is 0 Å². The van der Waals surface area contributed by atoms with Gasteiger partial charge in [0.15, 0.2) is 0 Å². The van der Waals surface area contributed by atoms with Gasteiger partial charge in [0.05, 0.1) is 11.8 Å². The Kier molecular flexibility index (Phi) is 8.32. The highest BCUT2D eigenvalue weighted by Crippen LogP contribution is 2.38. The van der Waals surface area contributed by atoms with E-state index in [1.54, 1.807) is 0 Å². The molecule has 0 aromatic heterocycles. The monoisotopic (exact) mass is 419 g/mol. The Morgan fingerprint density at radius 1 is 1.03 bits per heavy atom. The van der Waals surface area contributed by atoms with E-state index in [1.807, 2.05) is 4.90 Å². The number of amides is 3. The highest BCUT2D eigenvalue weighted by molar-refractivity contribution is 6.05. The third-order valence-electron chi connectivity index (χ3n) is 7.37. The van der Waals surface area contributed by atoms with Crippen LogP contribution in [0.25, 0.3) is 0 Å². The molecule has 0 N–H and O–H groups in total. The lowest BCUT2D eigenvalue weighted by Crippen LogP contribution is -2.41. The summed E-state index contributed by atoms with van der Waals surface area (Å²) < 4.78 is 0. The molecule has 3 amide bonds. The smallest absolute Gasteiger partial charge is 0.233 e. The van der Waals surface area contributed by atoms with Crippen molar-refractivity contribution in [1.29, 1.82) is 0 Å². The quantitative estimate of drug-likeness (QED) is 0.539. The second-order valence-corrected chi connectivity index (χ2v) is 9.98. The molecule has 1 aliphatic carbocycles. The van der Waals surface area contributed by atoms with Gasteiger partial charge in [0.2, 0.25) is 17.7 Å². The topological polar surface area (TPSA) is 60.9 Å². The fraction of sp³-hybridized carbons (Fsp3) is 0.875. The van der Waals surface area contributed by atoms with Crippen LogP contribution in [-0.4, -0.2) is 71.7 Å². The molecule has 2 aliphatic heterocycles. The van der Waals surface area contributed by atoms with Gasteiger partial charge in [-0.25, -0.2) is 0 Å². The van der Waals surface area contributed by atoms with E-state index in [1.165, 1.54) is 11.3 Å². The first-order valence-electron chi connectivity index (χ1n) is 12.3. The predicted octanol–water partition coefficient (Wildman–Crippen LogP) is 3.16. The van der Waals surface area contributed by atoms with Crippen molar-refractivity contribution in [3.63, 3.8) is 0 Å². The molecule has 30 heavy (non-hydrogen) atoms. The minimum Gasteiger partial charge on any atom is -0.343 e. The molecule has 0 aromatic rings. The zero-order chi connectivity index (χ0) is 21.7. The Hall–Kier alpha value is -1.43. The third-order valence-corrected chi connectivity index (χ3v) is 7.37. The van der Waals surface area contributed by atoms with Crippen LogP contribution in [0, 0.1) is 23.7 Å². The van der Waals surface area contributed by atoms with Crippen LogP contribution >= 0.6 is 0 Å². The maximum Gasteiger partial charge on any atom is 0.233 e. The van der Waals surface area contributed by atoms with Crippen molar-refractivity contribution in [3.05, 3.63) is 0 Å². The van der Waals surface area contributed by atoms with E-state index >= 15 is 0 Å². The summed E-state index contributed by atoms with van der Waals surface area (Å²) in [5.74, 6) is 1.20. The summed E-state index contributed by atoms with van der Waals surface area (Å²) in [5, 5.41) is 0. The molecule has 6 nitrogen and oxygen atoms in total. The Bertz CT molecular complexity index is 589. The van der Waals surface area contributed by atoms with E-state index < -0.39 is 0 Å². The molecular weight excluding hydrogens is 378 g/mol. The van der Waals surface area contributed by atoms with Crippen molar-refractivity contribution in [3.8, 4) is 0 Å². The standard InChI is InChI=1S/C24H41N3O3/c1-4-25(17-18(2)3)13-9-19-10-14-26(15-11-19)22(28)12-16-27-23(29)20-7-5-6-8-21(20)24(27)30/h18-21H,4-17H2,1-3H3/t20-,21+. The minimum atomic E-state index is -0.115. The number of nitrogens with zero attached hydrogens (tertiary/aromatic N) is 3. The average Bonchev–Trinajstić information content (AvgIpc) is 2.99. The number of carbonyl (C=O) groups is 3. The normalized spacial score (nSPS) is 25.5. The van der Waals surface area contributed by atoms with Crippen LogP contribution in [0.15, 0.2) is 0 Å². The largest absolute Gasteiger partial charge is 0.343 e. The summed E-state index contributed by atoms with van der Waals surface area (Å²) >= 11 is 0. The maximum absolute atomic E-state index is 12.7. The molecule has 0 radical (unpaired) electrons. The maximum atomic E-state index is 12.7. The Morgan fingerprint density at radius 3 is 2.17 bits per heavy atom. The van der Waals surface area contributed by atoms with Crippen LogP contribution in [0.5, 0.6) is 0 Å². The van der Waals surface area contributed by atoms with E-state index in [4.69, 9.17) is 0 Å². The van der Waals surface area contributed by atoms with Gasteiger partial charge in [-0.2, -0.15) is 0 Å². The SMILES string of the molecule is CCN(CCC1CCN(C(=O)CCN2C(=O)[C@H]3CCCC[C@H]3C2=O)CC1)CC(C)C. The van der Waals surface area contributed by atoms with Gasteiger partial charge >= 0.3 is 0 Å². The fourth-order valence-electron chi connectivity index (χ4n) is 5.55. The number of likely N-dealkylation sites (tertiary alicyclic amines) is 2. The van der Waals surface area contributed by atoms with Gasteiger partial charge in [-0.1, -0.05) is 33.6 Å². The van der Waals surface area contributed by atoms with Gasteiger partial charge in [0.25, 0.3) is 0 Å². The van der Waals surface area contributed by atoms with Crippen LogP contribution in [0.2, 0.25) is 0 Å². The predicted molar refractivity (Wildman–Crippen MR) is 118 cm³/mol. The molecule has 1 saturated carbocycles. The molecule has 3 aliphatic rings. The highest BCUT2D eigenvalue weighted by Gasteiger charge is 2.47. The van der Waals surface area contributed by atoms with Crippen molar-refractivity contribution in [2.45, 2.75) is 72.1 Å². The number of carbonyl (C=O) groups excluding carboxylic acids is 3. The van der Waals surface area contributed by atoms with Crippen LogP contribution in [-0.2, 0) is 14.4 Å².